The first-order valence-electron chi connectivity index (χ1n) is 7.64. The maximum absolute atomic E-state index is 12.8. The molecule has 0 fully saturated rings. The molecule has 0 radical (unpaired) electrons. The van der Waals surface area contributed by atoms with Crippen LogP contribution in [0.3, 0.4) is 0 Å². The molecule has 1 heterocycles. The predicted octanol–water partition coefficient (Wildman–Crippen LogP) is 0.857. The number of primary sulfonamides is 1. The van der Waals surface area contributed by atoms with Gasteiger partial charge in [0, 0.05) is 10.1 Å². The summed E-state index contributed by atoms with van der Waals surface area (Å²) in [5, 5.41) is 12.5. The van der Waals surface area contributed by atoms with Crippen molar-refractivity contribution in [3.63, 3.8) is 0 Å². The molecule has 1 aromatic carbocycles. The van der Waals surface area contributed by atoms with E-state index in [1.807, 2.05) is 0 Å². The van der Waals surface area contributed by atoms with Gasteiger partial charge in [0.15, 0.2) is 23.4 Å². The molecule has 28 heavy (non-hydrogen) atoms. The Hall–Kier alpha value is -1.63. The molecular formula is C12H16IN5O8S2. The molecule has 0 bridgehead atoms. The van der Waals surface area contributed by atoms with Crippen molar-refractivity contribution in [2.24, 2.45) is 15.8 Å². The van der Waals surface area contributed by atoms with Gasteiger partial charge in [-0.1, -0.05) is 0 Å². The van der Waals surface area contributed by atoms with Gasteiger partial charge in [-0.05, 0) is 47.6 Å². The van der Waals surface area contributed by atoms with E-state index >= 15 is 0 Å². The zero-order chi connectivity index (χ0) is 20.9. The summed E-state index contributed by atoms with van der Waals surface area (Å²) < 4.78 is 50.4. The van der Waals surface area contributed by atoms with Crippen LogP contribution in [0.4, 0.5) is 5.69 Å². The fourth-order valence-electron chi connectivity index (χ4n) is 2.54. The van der Waals surface area contributed by atoms with Gasteiger partial charge in [-0.25, -0.2) is 22.0 Å². The van der Waals surface area contributed by atoms with Crippen LogP contribution in [-0.4, -0.2) is 47.1 Å². The van der Waals surface area contributed by atoms with Crippen molar-refractivity contribution in [1.29, 1.82) is 0 Å². The van der Waals surface area contributed by atoms with Gasteiger partial charge >= 0.3 is 0 Å². The number of rotatable bonds is 10. The maximum atomic E-state index is 12.8. The smallest absolute Gasteiger partial charge is 0.246 e. The van der Waals surface area contributed by atoms with Crippen molar-refractivity contribution in [2.45, 2.75) is 28.7 Å². The van der Waals surface area contributed by atoms with Crippen LogP contribution in [0, 0.1) is 13.4 Å². The number of anilines is 1. The van der Waals surface area contributed by atoms with Crippen molar-refractivity contribution in [3.05, 3.63) is 25.5 Å². The fraction of sp³-hybridized carbons (Fsp3) is 0.500. The molecule has 1 aliphatic heterocycles. The number of sulfonamides is 2. The summed E-state index contributed by atoms with van der Waals surface area (Å²) in [5.41, 5.74) is 0.268. The van der Waals surface area contributed by atoms with Crippen molar-refractivity contribution < 1.29 is 26.5 Å². The normalized spacial score (nSPS) is 17.1. The van der Waals surface area contributed by atoms with Gasteiger partial charge < -0.3 is 15.0 Å². The van der Waals surface area contributed by atoms with E-state index in [4.69, 9.17) is 5.14 Å². The lowest BCUT2D eigenvalue weighted by Crippen LogP contribution is -2.40. The van der Waals surface area contributed by atoms with Gasteiger partial charge in [0.05, 0.1) is 17.3 Å². The van der Waals surface area contributed by atoms with Gasteiger partial charge in [0.2, 0.25) is 20.0 Å². The average molecular weight is 549 g/mol. The number of nitrogens with zero attached hydrogens (tertiary/aromatic N) is 3. The topological polar surface area (TPSA) is 187 Å². The second-order valence-corrected chi connectivity index (χ2v) is 10.3. The number of benzene rings is 1. The van der Waals surface area contributed by atoms with Gasteiger partial charge in [0.1, 0.15) is 4.90 Å². The van der Waals surface area contributed by atoms with E-state index in [0.29, 0.717) is 3.57 Å². The molecule has 16 heteroatoms. The van der Waals surface area contributed by atoms with E-state index < -0.39 is 26.2 Å². The highest BCUT2D eigenvalue weighted by Crippen LogP contribution is 2.34. The SMILES string of the molecule is NS(=O)(=O)c1cc2c(cc1I)NCN(CCCC(CON=O)ON=O)S2(=O)=O. The molecule has 2 rings (SSSR count). The molecule has 0 saturated carbocycles. The van der Waals surface area contributed by atoms with Gasteiger partial charge in [-0.3, -0.25) is 0 Å². The van der Waals surface area contributed by atoms with Crippen LogP contribution in [0.15, 0.2) is 32.6 Å². The third-order valence-electron chi connectivity index (χ3n) is 3.84. The predicted molar refractivity (Wildman–Crippen MR) is 105 cm³/mol. The quantitative estimate of drug-likeness (QED) is 0.242. The number of fused-ring (bicyclic) bond motifs is 1. The minimum absolute atomic E-state index is 0.0265. The standard InChI is InChI=1S/C12H16IN5O8S2/c13-9-4-10-12(5-11(9)27(14,21)22)28(23,24)18(7-15-10)3-1-2-8(26-17-20)6-25-16-19/h4-5,8,15H,1-3,6-7H2,(H2,14,21,22). The molecule has 1 aliphatic rings. The zero-order valence-corrected chi connectivity index (χ0v) is 17.9. The Labute approximate surface area is 174 Å². The molecule has 1 unspecified atom stereocenters. The van der Waals surface area contributed by atoms with Crippen molar-refractivity contribution in [1.82, 2.24) is 4.31 Å². The Morgan fingerprint density at radius 2 is 2.04 bits per heavy atom. The largest absolute Gasteiger partial charge is 0.370 e. The summed E-state index contributed by atoms with van der Waals surface area (Å²) in [6, 6.07) is 2.42. The van der Waals surface area contributed by atoms with Crippen LogP contribution in [0.25, 0.3) is 0 Å². The van der Waals surface area contributed by atoms with Crippen molar-refractivity contribution in [2.75, 3.05) is 25.1 Å². The maximum Gasteiger partial charge on any atom is 0.246 e. The number of hydrogen-bond donors (Lipinski definition) is 2. The number of nitrogens with two attached hydrogens (primary N) is 1. The van der Waals surface area contributed by atoms with Crippen LogP contribution in [0.1, 0.15) is 12.8 Å². The summed E-state index contributed by atoms with van der Waals surface area (Å²) in [6.45, 7) is -0.318. The van der Waals surface area contributed by atoms with Crippen LogP contribution in [0.5, 0.6) is 0 Å². The lowest BCUT2D eigenvalue weighted by molar-refractivity contribution is -0.0216. The van der Waals surface area contributed by atoms with E-state index in [1.165, 1.54) is 6.07 Å². The third kappa shape index (κ3) is 5.25. The van der Waals surface area contributed by atoms with E-state index in [9.17, 15) is 26.6 Å². The van der Waals surface area contributed by atoms with Crippen LogP contribution >= 0.6 is 22.6 Å². The van der Waals surface area contributed by atoms with Crippen molar-refractivity contribution >= 4 is 48.3 Å². The second-order valence-electron chi connectivity index (χ2n) is 5.65. The summed E-state index contributed by atoms with van der Waals surface area (Å²) >= 11 is 1.76. The first-order valence-corrected chi connectivity index (χ1v) is 11.7. The molecule has 13 nitrogen and oxygen atoms in total. The summed E-state index contributed by atoms with van der Waals surface area (Å²) in [5.74, 6) is 0. The van der Waals surface area contributed by atoms with Gasteiger partial charge in [-0.2, -0.15) is 4.31 Å². The Morgan fingerprint density at radius 1 is 1.32 bits per heavy atom. The van der Waals surface area contributed by atoms with Gasteiger partial charge in [0.25, 0.3) is 0 Å². The minimum atomic E-state index is -4.10. The highest BCUT2D eigenvalue weighted by molar-refractivity contribution is 14.1. The minimum Gasteiger partial charge on any atom is -0.370 e. The Kier molecular flexibility index (Phi) is 7.48. The highest BCUT2D eigenvalue weighted by Gasteiger charge is 2.33. The fourth-order valence-corrected chi connectivity index (χ4v) is 6.17. The molecule has 0 aromatic heterocycles. The summed E-state index contributed by atoms with van der Waals surface area (Å²) in [6.07, 6.45) is -0.459. The van der Waals surface area contributed by atoms with Crippen LogP contribution in [-0.2, 0) is 29.7 Å². The highest BCUT2D eigenvalue weighted by atomic mass is 127. The van der Waals surface area contributed by atoms with Crippen molar-refractivity contribution in [3.8, 4) is 0 Å². The van der Waals surface area contributed by atoms with Crippen LogP contribution < -0.4 is 10.5 Å². The Bertz CT molecular complexity index is 955. The first kappa shape index (κ1) is 22.7. The molecule has 3 N–H and O–H groups in total. The zero-order valence-electron chi connectivity index (χ0n) is 14.1. The molecule has 0 spiro atoms. The monoisotopic (exact) mass is 549 g/mol. The number of nitrogens with one attached hydrogen (secondary N) is 1. The molecule has 0 saturated heterocycles. The molecule has 1 aromatic rings. The van der Waals surface area contributed by atoms with E-state index in [1.54, 1.807) is 22.6 Å². The van der Waals surface area contributed by atoms with Gasteiger partial charge in [-0.15, -0.1) is 9.81 Å². The lowest BCUT2D eigenvalue weighted by atomic mass is 10.2. The Morgan fingerprint density at radius 3 is 2.64 bits per heavy atom. The molecular weight excluding hydrogens is 533 g/mol. The van der Waals surface area contributed by atoms with E-state index in [-0.39, 0.29) is 48.1 Å². The molecule has 0 aliphatic carbocycles. The lowest BCUT2D eigenvalue weighted by Gasteiger charge is -2.30. The molecule has 156 valence electrons. The Balaban J connectivity index is 2.16. The average Bonchev–Trinajstić information content (AvgIpc) is 2.60. The first-order chi connectivity index (χ1) is 13.1. The number of hydrogen-bond acceptors (Lipinski definition) is 11. The van der Waals surface area contributed by atoms with E-state index in [0.717, 1.165) is 10.4 Å². The van der Waals surface area contributed by atoms with E-state index in [2.05, 4.69) is 25.7 Å². The third-order valence-corrected chi connectivity index (χ3v) is 7.94. The molecule has 0 amide bonds. The summed E-state index contributed by atoms with van der Waals surface area (Å²) in [7, 11) is -8.09. The van der Waals surface area contributed by atoms with Crippen LogP contribution in [0.2, 0.25) is 0 Å². The second kappa shape index (κ2) is 9.25. The molecule has 1 atom stereocenters. The summed E-state index contributed by atoms with van der Waals surface area (Å²) in [4.78, 5) is 28.4. The number of halogens is 1.